The van der Waals surface area contributed by atoms with Gasteiger partial charge in [0.25, 0.3) is 0 Å². The molecule has 0 aliphatic rings. The Bertz CT molecular complexity index is 289. The van der Waals surface area contributed by atoms with Crippen LogP contribution >= 0.6 is 11.6 Å². The van der Waals surface area contributed by atoms with Crippen molar-refractivity contribution < 1.29 is 9.84 Å². The molecule has 0 fully saturated rings. The fourth-order valence-electron chi connectivity index (χ4n) is 0.992. The highest BCUT2D eigenvalue weighted by atomic mass is 35.5. The Balaban J connectivity index is 3.24. The molecule has 0 atom stereocenters. The minimum absolute atomic E-state index is 0.0842. The highest BCUT2D eigenvalue weighted by Crippen LogP contribution is 2.22. The van der Waals surface area contributed by atoms with Gasteiger partial charge in [-0.2, -0.15) is 0 Å². The van der Waals surface area contributed by atoms with Crippen molar-refractivity contribution in [1.82, 2.24) is 4.98 Å². The lowest BCUT2D eigenvalue weighted by Gasteiger charge is -2.07. The molecule has 1 heterocycles. The van der Waals surface area contributed by atoms with E-state index in [4.69, 9.17) is 21.4 Å². The number of nitrogens with zero attached hydrogens (tertiary/aromatic N) is 1. The summed E-state index contributed by atoms with van der Waals surface area (Å²) in [7, 11) is 1.50. The highest BCUT2D eigenvalue weighted by Gasteiger charge is 2.07. The van der Waals surface area contributed by atoms with Crippen molar-refractivity contribution in [2.45, 2.75) is 13.5 Å². The minimum atomic E-state index is -0.0842. The molecular weight excluding hydrogens is 178 g/mol. The number of rotatable bonds is 2. The van der Waals surface area contributed by atoms with Crippen LogP contribution in [0.5, 0.6) is 5.88 Å². The number of aromatic nitrogens is 1. The molecule has 0 aromatic carbocycles. The third kappa shape index (κ3) is 1.68. The van der Waals surface area contributed by atoms with Gasteiger partial charge in [-0.05, 0) is 18.6 Å². The molecule has 1 aromatic heterocycles. The average Bonchev–Trinajstić information content (AvgIpc) is 2.03. The first kappa shape index (κ1) is 9.29. The Morgan fingerprint density at radius 1 is 1.67 bits per heavy atom. The molecule has 1 aromatic rings. The zero-order valence-corrected chi connectivity index (χ0v) is 7.72. The van der Waals surface area contributed by atoms with Crippen LogP contribution in [-0.4, -0.2) is 17.2 Å². The summed E-state index contributed by atoms with van der Waals surface area (Å²) >= 11 is 5.69. The summed E-state index contributed by atoms with van der Waals surface area (Å²) in [6.07, 6.45) is 0. The number of aliphatic hydroxyl groups excluding tert-OH is 1. The van der Waals surface area contributed by atoms with E-state index < -0.39 is 0 Å². The van der Waals surface area contributed by atoms with E-state index in [9.17, 15) is 0 Å². The summed E-state index contributed by atoms with van der Waals surface area (Å²) in [5.41, 5.74) is 1.57. The first-order chi connectivity index (χ1) is 5.69. The second-order valence-corrected chi connectivity index (χ2v) is 2.80. The summed E-state index contributed by atoms with van der Waals surface area (Å²) in [6.45, 7) is 1.76. The summed E-state index contributed by atoms with van der Waals surface area (Å²) in [4.78, 5) is 3.91. The van der Waals surface area contributed by atoms with Crippen LogP contribution in [0, 0.1) is 6.92 Å². The maximum atomic E-state index is 8.96. The van der Waals surface area contributed by atoms with Gasteiger partial charge in [0.15, 0.2) is 0 Å². The van der Waals surface area contributed by atoms with E-state index in [2.05, 4.69) is 4.98 Å². The van der Waals surface area contributed by atoms with Gasteiger partial charge in [-0.15, -0.1) is 0 Å². The summed E-state index contributed by atoms with van der Waals surface area (Å²) in [5.74, 6) is 0.391. The normalized spacial score (nSPS) is 10.0. The van der Waals surface area contributed by atoms with Crippen molar-refractivity contribution in [3.8, 4) is 5.88 Å². The molecule has 0 bridgehead atoms. The Kier molecular flexibility index (Phi) is 2.89. The van der Waals surface area contributed by atoms with Crippen molar-refractivity contribution in [3.05, 3.63) is 22.3 Å². The molecule has 0 aliphatic heterocycles. The number of hydrogen-bond acceptors (Lipinski definition) is 3. The van der Waals surface area contributed by atoms with Crippen LogP contribution in [-0.2, 0) is 6.61 Å². The fraction of sp³-hybridized carbons (Fsp3) is 0.375. The minimum Gasteiger partial charge on any atom is -0.481 e. The van der Waals surface area contributed by atoms with Crippen LogP contribution in [0.2, 0.25) is 5.15 Å². The van der Waals surface area contributed by atoms with E-state index in [-0.39, 0.29) is 6.61 Å². The number of hydrogen-bond donors (Lipinski definition) is 1. The number of pyridine rings is 1. The third-order valence-electron chi connectivity index (χ3n) is 1.63. The summed E-state index contributed by atoms with van der Waals surface area (Å²) in [5, 5.41) is 9.33. The van der Waals surface area contributed by atoms with Crippen molar-refractivity contribution in [3.63, 3.8) is 0 Å². The third-order valence-corrected chi connectivity index (χ3v) is 1.82. The van der Waals surface area contributed by atoms with Crippen LogP contribution in [0.1, 0.15) is 11.1 Å². The van der Waals surface area contributed by atoms with Gasteiger partial charge >= 0.3 is 0 Å². The SMILES string of the molecule is COc1nc(Cl)cc(C)c1CO. The van der Waals surface area contributed by atoms with Gasteiger partial charge in [0, 0.05) is 5.56 Å². The van der Waals surface area contributed by atoms with E-state index in [0.717, 1.165) is 5.56 Å². The molecular formula is C8H10ClNO2. The molecule has 3 nitrogen and oxygen atoms in total. The standard InChI is InChI=1S/C8H10ClNO2/c1-5-3-7(9)10-8(12-2)6(5)4-11/h3,11H,4H2,1-2H3. The second-order valence-electron chi connectivity index (χ2n) is 2.41. The average molecular weight is 188 g/mol. The molecule has 0 saturated heterocycles. The first-order valence-electron chi connectivity index (χ1n) is 3.50. The molecule has 1 N–H and O–H groups in total. The van der Waals surface area contributed by atoms with Gasteiger partial charge in [0.2, 0.25) is 5.88 Å². The summed E-state index contributed by atoms with van der Waals surface area (Å²) in [6, 6.07) is 1.69. The van der Waals surface area contributed by atoms with Crippen LogP contribution < -0.4 is 4.74 Å². The molecule has 66 valence electrons. The lowest BCUT2D eigenvalue weighted by atomic mass is 10.1. The Morgan fingerprint density at radius 2 is 2.33 bits per heavy atom. The molecule has 0 spiro atoms. The van der Waals surface area contributed by atoms with Gasteiger partial charge in [0.1, 0.15) is 5.15 Å². The van der Waals surface area contributed by atoms with Gasteiger partial charge in [-0.1, -0.05) is 11.6 Å². The Hall–Kier alpha value is -0.800. The Labute approximate surface area is 76.0 Å². The quantitative estimate of drug-likeness (QED) is 0.715. The van der Waals surface area contributed by atoms with Crippen LogP contribution in [0.4, 0.5) is 0 Å². The van der Waals surface area contributed by atoms with E-state index >= 15 is 0 Å². The highest BCUT2D eigenvalue weighted by molar-refractivity contribution is 6.29. The van der Waals surface area contributed by atoms with E-state index in [0.29, 0.717) is 16.6 Å². The summed E-state index contributed by atoms with van der Waals surface area (Å²) < 4.78 is 4.94. The smallest absolute Gasteiger partial charge is 0.220 e. The maximum Gasteiger partial charge on any atom is 0.220 e. The predicted molar refractivity (Wildman–Crippen MR) is 46.5 cm³/mol. The number of halogens is 1. The molecule has 0 saturated carbocycles. The van der Waals surface area contributed by atoms with Gasteiger partial charge in [-0.25, -0.2) is 4.98 Å². The van der Waals surface area contributed by atoms with Gasteiger partial charge in [0.05, 0.1) is 13.7 Å². The predicted octanol–water partition coefficient (Wildman–Crippen LogP) is 1.54. The molecule has 4 heteroatoms. The van der Waals surface area contributed by atoms with Crippen LogP contribution in [0.3, 0.4) is 0 Å². The van der Waals surface area contributed by atoms with Crippen LogP contribution in [0.15, 0.2) is 6.07 Å². The molecule has 0 aliphatic carbocycles. The first-order valence-corrected chi connectivity index (χ1v) is 3.87. The van der Waals surface area contributed by atoms with E-state index in [1.54, 1.807) is 6.07 Å². The zero-order chi connectivity index (χ0) is 9.14. The Morgan fingerprint density at radius 3 is 2.83 bits per heavy atom. The monoisotopic (exact) mass is 187 g/mol. The van der Waals surface area contributed by atoms with Crippen molar-refractivity contribution in [2.24, 2.45) is 0 Å². The number of aliphatic hydroxyl groups is 1. The fourth-order valence-corrected chi connectivity index (χ4v) is 1.23. The van der Waals surface area contributed by atoms with Gasteiger partial charge < -0.3 is 9.84 Å². The number of aryl methyl sites for hydroxylation is 1. The van der Waals surface area contributed by atoms with Crippen molar-refractivity contribution in [2.75, 3.05) is 7.11 Å². The van der Waals surface area contributed by atoms with Crippen molar-refractivity contribution >= 4 is 11.6 Å². The molecule has 12 heavy (non-hydrogen) atoms. The second kappa shape index (κ2) is 3.74. The molecule has 0 amide bonds. The topological polar surface area (TPSA) is 42.4 Å². The van der Waals surface area contributed by atoms with Crippen molar-refractivity contribution in [1.29, 1.82) is 0 Å². The van der Waals surface area contributed by atoms with E-state index in [1.165, 1.54) is 7.11 Å². The number of methoxy groups -OCH3 is 1. The molecule has 0 unspecified atom stereocenters. The number of ether oxygens (including phenoxy) is 1. The molecule has 1 rings (SSSR count). The van der Waals surface area contributed by atoms with Crippen LogP contribution in [0.25, 0.3) is 0 Å². The lowest BCUT2D eigenvalue weighted by molar-refractivity contribution is 0.270. The maximum absolute atomic E-state index is 8.96. The largest absolute Gasteiger partial charge is 0.481 e. The van der Waals surface area contributed by atoms with Gasteiger partial charge in [-0.3, -0.25) is 0 Å². The lowest BCUT2D eigenvalue weighted by Crippen LogP contribution is -1.98. The van der Waals surface area contributed by atoms with E-state index in [1.807, 2.05) is 6.92 Å². The zero-order valence-electron chi connectivity index (χ0n) is 6.97. The molecule has 0 radical (unpaired) electrons.